The van der Waals surface area contributed by atoms with E-state index in [-0.39, 0.29) is 0 Å². The second-order valence-corrected chi connectivity index (χ2v) is 1.65. The molecule has 0 bridgehead atoms. The molecule has 0 aromatic rings. The summed E-state index contributed by atoms with van der Waals surface area (Å²) < 4.78 is 14.0. The molecular weight excluding hydrogens is 80.1 g/mol. The maximum Gasteiger partial charge on any atom is 0.0272 e. The molecule has 0 aromatic heterocycles. The van der Waals surface area contributed by atoms with Crippen molar-refractivity contribution in [3.63, 3.8) is 0 Å². The van der Waals surface area contributed by atoms with Crippen LogP contribution in [0.3, 0.4) is 0 Å². The van der Waals surface area contributed by atoms with Crippen molar-refractivity contribution in [3.05, 3.63) is 0 Å². The largest absolute Gasteiger partial charge is 0.165 e. The van der Waals surface area contributed by atoms with Crippen LogP contribution in [0.1, 0.15) is 16.0 Å². The van der Waals surface area contributed by atoms with E-state index in [2.05, 4.69) is 0 Å². The lowest BCUT2D eigenvalue weighted by Gasteiger charge is -1.80. The molecule has 0 saturated carbocycles. The topological polar surface area (TPSA) is 0 Å². The second-order valence-electron chi connectivity index (χ2n) is 0.787. The summed E-state index contributed by atoms with van der Waals surface area (Å²) in [6, 6.07) is 0. The Kier molecular flexibility index (Phi) is 2.18. The quantitative estimate of drug-likeness (QED) is 0.500. The molecule has 0 heterocycles. The van der Waals surface area contributed by atoms with Crippen molar-refractivity contribution >= 4 is 11.8 Å². The van der Waals surface area contributed by atoms with Crippen molar-refractivity contribution in [1.82, 2.24) is 0 Å². The molecular formula is C4H10S. The van der Waals surface area contributed by atoms with E-state index < -0.39 is 6.37 Å². The highest BCUT2D eigenvalue weighted by Crippen LogP contribution is 1.91. The van der Waals surface area contributed by atoms with Crippen molar-refractivity contribution in [2.75, 3.05) is 12.0 Å². The van der Waals surface area contributed by atoms with Gasteiger partial charge in [-0.3, -0.25) is 0 Å². The van der Waals surface area contributed by atoms with Crippen molar-refractivity contribution in [2.24, 2.45) is 0 Å². The molecule has 0 amide bonds. The zero-order valence-corrected chi connectivity index (χ0v) is 4.43. The molecule has 0 atom stereocenters. The summed E-state index contributed by atoms with van der Waals surface area (Å²) in [5.41, 5.74) is 0. The monoisotopic (exact) mass is 92.1 g/mol. The minimum atomic E-state index is -0.987. The first-order chi connectivity index (χ1) is 3.06. The molecule has 0 aliphatic carbocycles. The zero-order valence-electron chi connectivity index (χ0n) is 5.62. The van der Waals surface area contributed by atoms with Gasteiger partial charge in [-0.2, -0.15) is 11.8 Å². The summed E-state index contributed by atoms with van der Waals surface area (Å²) in [7, 11) is 0. The van der Waals surface area contributed by atoms with E-state index in [1.54, 1.807) is 6.92 Å². The number of hydrogen-bond acceptors (Lipinski definition) is 1. The fourth-order valence-electron chi connectivity index (χ4n) is 0.144. The van der Waals surface area contributed by atoms with Crippen LogP contribution in [0.25, 0.3) is 0 Å². The van der Waals surface area contributed by atoms with Gasteiger partial charge in [-0.1, -0.05) is 6.92 Å². The Balaban J connectivity index is 3.15. The van der Waals surface area contributed by atoms with Gasteiger partial charge in [0.1, 0.15) is 0 Å². The van der Waals surface area contributed by atoms with Gasteiger partial charge in [-0.15, -0.1) is 0 Å². The van der Waals surface area contributed by atoms with Gasteiger partial charge in [0.05, 0.1) is 0 Å². The van der Waals surface area contributed by atoms with Crippen molar-refractivity contribution in [1.29, 1.82) is 0 Å². The molecule has 0 aliphatic rings. The fourth-order valence-corrected chi connectivity index (χ4v) is 0.433. The van der Waals surface area contributed by atoms with E-state index in [1.165, 1.54) is 11.8 Å². The normalized spacial score (nSPS) is 17.2. The highest BCUT2D eigenvalue weighted by molar-refractivity contribution is 7.98. The van der Waals surface area contributed by atoms with E-state index in [4.69, 9.17) is 2.74 Å². The lowest BCUT2D eigenvalue weighted by Crippen LogP contribution is -1.64. The van der Waals surface area contributed by atoms with Crippen LogP contribution in [-0.4, -0.2) is 12.0 Å². The summed E-state index contributed by atoms with van der Waals surface area (Å²) in [4.78, 5) is 0. The highest BCUT2D eigenvalue weighted by atomic mass is 32.2. The van der Waals surface area contributed by atoms with Gasteiger partial charge >= 0.3 is 0 Å². The minimum absolute atomic E-state index is 0.590. The van der Waals surface area contributed by atoms with Gasteiger partial charge in [0.25, 0.3) is 0 Å². The molecule has 0 saturated heterocycles. The van der Waals surface area contributed by atoms with Crippen molar-refractivity contribution in [3.8, 4) is 0 Å². The van der Waals surface area contributed by atoms with Crippen LogP contribution in [0.2, 0.25) is 0 Å². The van der Waals surface area contributed by atoms with Crippen LogP contribution in [0, 0.1) is 0 Å². The third kappa shape index (κ3) is 4.35. The smallest absolute Gasteiger partial charge is 0.0272 e. The Morgan fingerprint density at radius 3 is 2.60 bits per heavy atom. The van der Waals surface area contributed by atoms with Gasteiger partial charge in [0.2, 0.25) is 0 Å². The van der Waals surface area contributed by atoms with Gasteiger partial charge in [-0.25, -0.2) is 0 Å². The van der Waals surface area contributed by atoms with E-state index in [0.717, 1.165) is 0 Å². The summed E-state index contributed by atoms with van der Waals surface area (Å²) in [5.74, 6) is 0.590. The Labute approximate surface area is 40.8 Å². The van der Waals surface area contributed by atoms with Crippen LogP contribution in [0.15, 0.2) is 0 Å². The van der Waals surface area contributed by atoms with Gasteiger partial charge in [0, 0.05) is 2.74 Å². The number of thioether (sulfide) groups is 1. The Bertz CT molecular complexity index is 48.1. The molecule has 0 radical (unpaired) electrons. The fraction of sp³-hybridized carbons (Fsp3) is 1.00. The van der Waals surface area contributed by atoms with E-state index in [0.29, 0.717) is 5.75 Å². The van der Waals surface area contributed by atoms with Crippen LogP contribution in [0.5, 0.6) is 0 Å². The summed E-state index contributed by atoms with van der Waals surface area (Å²) >= 11 is 1.53. The Morgan fingerprint density at radius 1 is 2.00 bits per heavy atom. The average molecular weight is 92.2 g/mol. The molecule has 0 nitrogen and oxygen atoms in total. The average Bonchev–Trinajstić information content (AvgIpc) is 1.30. The highest BCUT2D eigenvalue weighted by Gasteiger charge is 1.67. The van der Waals surface area contributed by atoms with Crippen molar-refractivity contribution in [2.45, 2.75) is 13.3 Å². The Morgan fingerprint density at radius 2 is 2.60 bits per heavy atom. The van der Waals surface area contributed by atoms with E-state index in [1.807, 2.05) is 6.26 Å². The lowest BCUT2D eigenvalue weighted by atomic mass is 10.6. The molecule has 0 aromatic carbocycles. The lowest BCUT2D eigenvalue weighted by molar-refractivity contribution is 1.11. The first-order valence-corrected chi connectivity index (χ1v) is 2.94. The first-order valence-electron chi connectivity index (χ1n) is 2.55. The van der Waals surface area contributed by atoms with Crippen molar-refractivity contribution < 1.29 is 2.74 Å². The van der Waals surface area contributed by atoms with E-state index in [9.17, 15) is 0 Å². The third-order valence-corrected chi connectivity index (χ3v) is 0.866. The molecule has 0 fully saturated rings. The number of hydrogen-bond donors (Lipinski definition) is 0. The number of rotatable bonds is 2. The van der Waals surface area contributed by atoms with Crippen LogP contribution in [0.4, 0.5) is 0 Å². The molecule has 0 aliphatic heterocycles. The molecule has 5 heavy (non-hydrogen) atoms. The minimum Gasteiger partial charge on any atom is -0.165 e. The van der Waals surface area contributed by atoms with Gasteiger partial charge < -0.3 is 0 Å². The molecule has 32 valence electrons. The summed E-state index contributed by atoms with van der Waals surface area (Å²) in [6.07, 6.45) is 0.917. The van der Waals surface area contributed by atoms with Crippen LogP contribution < -0.4 is 0 Å². The van der Waals surface area contributed by atoms with Crippen LogP contribution >= 0.6 is 11.8 Å². The van der Waals surface area contributed by atoms with Crippen LogP contribution in [-0.2, 0) is 0 Å². The van der Waals surface area contributed by atoms with Gasteiger partial charge in [0.15, 0.2) is 0 Å². The third-order valence-electron chi connectivity index (χ3n) is 0.289. The second kappa shape index (κ2) is 4.35. The van der Waals surface area contributed by atoms with Gasteiger partial charge in [-0.05, 0) is 18.4 Å². The molecule has 1 heteroatoms. The standard InChI is InChI=1S/C4H10S/c1-3-4-5-2/h3-4H2,1-2H3/i3D2. The maximum atomic E-state index is 6.98. The molecule has 0 N–H and O–H groups in total. The molecule has 0 spiro atoms. The van der Waals surface area contributed by atoms with E-state index >= 15 is 0 Å². The predicted octanol–water partition coefficient (Wildman–Crippen LogP) is 1.76. The zero-order chi connectivity index (χ0) is 5.91. The molecule has 0 rings (SSSR count). The maximum absolute atomic E-state index is 6.98. The summed E-state index contributed by atoms with van der Waals surface area (Å²) in [6.45, 7) is 1.59. The summed E-state index contributed by atoms with van der Waals surface area (Å²) in [5, 5.41) is 0. The Hall–Kier alpha value is 0.350. The predicted molar refractivity (Wildman–Crippen MR) is 28.7 cm³/mol. The first kappa shape index (κ1) is 2.51. The SMILES string of the molecule is [2H]C([2H])(C)CSC. The molecule has 0 unspecified atom stereocenters.